The maximum atomic E-state index is 13.3. The fraction of sp³-hybridized carbons (Fsp3) is 0.650. The van der Waals surface area contributed by atoms with Gasteiger partial charge in [0.1, 0.15) is 16.4 Å². The van der Waals surface area contributed by atoms with Crippen LogP contribution in [-0.2, 0) is 14.8 Å². The van der Waals surface area contributed by atoms with Gasteiger partial charge in [0, 0.05) is 32.2 Å². The first kappa shape index (κ1) is 28.0. The highest BCUT2D eigenvalue weighted by molar-refractivity contribution is 7.89. The summed E-state index contributed by atoms with van der Waals surface area (Å²) in [5.74, 6) is -2.11. The van der Waals surface area contributed by atoms with Crippen molar-refractivity contribution in [1.29, 1.82) is 0 Å². The van der Waals surface area contributed by atoms with Crippen molar-refractivity contribution in [3.8, 4) is 11.5 Å². The van der Waals surface area contributed by atoms with Crippen molar-refractivity contribution < 1.29 is 49.0 Å². The molecule has 1 atom stereocenters. The van der Waals surface area contributed by atoms with Crippen molar-refractivity contribution in [3.05, 3.63) is 18.2 Å². The van der Waals surface area contributed by atoms with Gasteiger partial charge in [-0.1, -0.05) is 0 Å². The highest BCUT2D eigenvalue weighted by atomic mass is 32.2. The van der Waals surface area contributed by atoms with E-state index in [0.29, 0.717) is 32.0 Å². The van der Waals surface area contributed by atoms with E-state index >= 15 is 0 Å². The van der Waals surface area contributed by atoms with Gasteiger partial charge in [-0.15, -0.1) is 0 Å². The van der Waals surface area contributed by atoms with Crippen molar-refractivity contribution in [2.75, 3.05) is 39.4 Å². The minimum Gasteiger partial charge on any atom is -0.484 e. The lowest BCUT2D eigenvalue weighted by molar-refractivity contribution is -0.154. The van der Waals surface area contributed by atoms with Gasteiger partial charge in [-0.3, -0.25) is 4.79 Å². The van der Waals surface area contributed by atoms with E-state index in [4.69, 9.17) is 0 Å². The second kappa shape index (κ2) is 11.0. The highest BCUT2D eigenvalue weighted by Gasteiger charge is 2.37. The highest BCUT2D eigenvalue weighted by Crippen LogP contribution is 2.34. The molecule has 1 fully saturated rings. The van der Waals surface area contributed by atoms with Gasteiger partial charge in [0.2, 0.25) is 15.9 Å². The zero-order chi connectivity index (χ0) is 25.7. The van der Waals surface area contributed by atoms with Crippen LogP contribution in [0.25, 0.3) is 0 Å². The molecule has 1 unspecified atom stereocenters. The molecule has 14 heteroatoms. The van der Waals surface area contributed by atoms with Crippen LogP contribution in [0, 0.1) is 5.92 Å². The summed E-state index contributed by atoms with van der Waals surface area (Å²) in [6.07, 6.45) is -8.75. The van der Waals surface area contributed by atoms with E-state index in [-0.39, 0.29) is 19.0 Å². The van der Waals surface area contributed by atoms with Gasteiger partial charge < -0.3 is 14.4 Å². The monoisotopic (exact) mass is 520 g/mol. The molecule has 0 aromatic heterocycles. The Morgan fingerprint density at radius 3 is 2.21 bits per heavy atom. The van der Waals surface area contributed by atoms with Crippen LogP contribution in [0.4, 0.5) is 26.3 Å². The molecular weight excluding hydrogens is 494 g/mol. The van der Waals surface area contributed by atoms with Crippen molar-refractivity contribution in [2.45, 2.75) is 43.9 Å². The van der Waals surface area contributed by atoms with Gasteiger partial charge in [-0.25, -0.2) is 8.42 Å². The van der Waals surface area contributed by atoms with Gasteiger partial charge in [-0.2, -0.15) is 30.6 Å². The number of alkyl halides is 6. The van der Waals surface area contributed by atoms with Crippen LogP contribution < -0.4 is 9.47 Å². The molecule has 34 heavy (non-hydrogen) atoms. The molecule has 1 aromatic carbocycles. The van der Waals surface area contributed by atoms with E-state index in [1.807, 2.05) is 0 Å². The molecule has 1 amide bonds. The molecule has 7 nitrogen and oxygen atoms in total. The van der Waals surface area contributed by atoms with Gasteiger partial charge in [-0.05, 0) is 38.8 Å². The lowest BCUT2D eigenvalue weighted by atomic mass is 9.98. The second-order valence-electron chi connectivity index (χ2n) is 7.63. The normalized spacial score (nSPS) is 17.9. The number of ether oxygens (including phenoxy) is 2. The van der Waals surface area contributed by atoms with E-state index in [9.17, 15) is 39.6 Å². The Labute approximate surface area is 193 Å². The molecule has 194 valence electrons. The fourth-order valence-corrected chi connectivity index (χ4v) is 5.19. The SMILES string of the molecule is CCN(CC)C(=O)C1CCCN(S(=O)(=O)c2cc(OCC(F)(F)F)ccc2OCC(F)(F)F)C1. The van der Waals surface area contributed by atoms with Crippen LogP contribution in [0.3, 0.4) is 0 Å². The van der Waals surface area contributed by atoms with E-state index < -0.39 is 57.9 Å². The number of nitrogens with zero attached hydrogens (tertiary/aromatic N) is 2. The third-order valence-corrected chi connectivity index (χ3v) is 7.02. The minimum absolute atomic E-state index is 0.0172. The van der Waals surface area contributed by atoms with E-state index in [0.717, 1.165) is 16.4 Å². The summed E-state index contributed by atoms with van der Waals surface area (Å²) in [7, 11) is -4.53. The fourth-order valence-electron chi connectivity index (χ4n) is 3.52. The molecule has 0 bridgehead atoms. The number of carbonyl (C=O) groups is 1. The molecule has 0 radical (unpaired) electrons. The van der Waals surface area contributed by atoms with Crippen LogP contribution in [0.15, 0.2) is 23.1 Å². The number of carbonyl (C=O) groups excluding carboxylic acids is 1. The Morgan fingerprint density at radius 2 is 1.65 bits per heavy atom. The number of rotatable bonds is 9. The van der Waals surface area contributed by atoms with Crippen LogP contribution in [0.2, 0.25) is 0 Å². The lowest BCUT2D eigenvalue weighted by Gasteiger charge is -2.34. The average Bonchev–Trinajstić information content (AvgIpc) is 2.76. The van der Waals surface area contributed by atoms with E-state index in [1.165, 1.54) is 0 Å². The Bertz CT molecular complexity index is 948. The first-order valence-corrected chi connectivity index (χ1v) is 11.9. The Morgan fingerprint density at radius 1 is 1.06 bits per heavy atom. The first-order valence-electron chi connectivity index (χ1n) is 10.5. The second-order valence-corrected chi connectivity index (χ2v) is 9.54. The molecule has 1 aliphatic rings. The number of hydrogen-bond donors (Lipinski definition) is 0. The minimum atomic E-state index is -4.78. The standard InChI is InChI=1S/C20H26F6N2O5S/c1-3-27(4-2)18(29)14-6-5-9-28(11-14)34(30,31)17-10-15(32-12-19(21,22)23)7-8-16(17)33-13-20(24,25)26/h7-8,10,14H,3-6,9,11-13H2,1-2H3. The van der Waals surface area contributed by atoms with Gasteiger partial charge in [0.05, 0.1) is 5.92 Å². The number of benzene rings is 1. The molecule has 2 rings (SSSR count). The summed E-state index contributed by atoms with van der Waals surface area (Å²) >= 11 is 0. The van der Waals surface area contributed by atoms with Crippen molar-refractivity contribution in [3.63, 3.8) is 0 Å². The molecule has 1 aliphatic heterocycles. The summed E-state index contributed by atoms with van der Waals surface area (Å²) < 4.78 is 112. The average molecular weight is 520 g/mol. The Hall–Kier alpha value is -2.22. The predicted molar refractivity (Wildman–Crippen MR) is 109 cm³/mol. The maximum Gasteiger partial charge on any atom is 0.422 e. The van der Waals surface area contributed by atoms with Gasteiger partial charge in [0.25, 0.3) is 0 Å². The van der Waals surface area contributed by atoms with E-state index in [2.05, 4.69) is 9.47 Å². The number of sulfonamides is 1. The summed E-state index contributed by atoms with van der Waals surface area (Å²) in [5.41, 5.74) is 0. The first-order chi connectivity index (χ1) is 15.7. The lowest BCUT2D eigenvalue weighted by Crippen LogP contribution is -2.46. The Kier molecular flexibility index (Phi) is 9.08. The predicted octanol–water partition coefficient (Wildman–Crippen LogP) is 3.84. The van der Waals surface area contributed by atoms with Gasteiger partial charge in [0.15, 0.2) is 13.2 Å². The largest absolute Gasteiger partial charge is 0.484 e. The summed E-state index contributed by atoms with van der Waals surface area (Å²) in [5, 5.41) is 0. The molecule has 0 saturated carbocycles. The maximum absolute atomic E-state index is 13.3. The van der Waals surface area contributed by atoms with Crippen LogP contribution in [-0.4, -0.2) is 75.3 Å². The molecule has 0 aliphatic carbocycles. The molecule has 1 saturated heterocycles. The zero-order valence-corrected chi connectivity index (χ0v) is 19.4. The smallest absolute Gasteiger partial charge is 0.422 e. The topological polar surface area (TPSA) is 76.2 Å². The van der Waals surface area contributed by atoms with Crippen LogP contribution in [0.5, 0.6) is 11.5 Å². The molecular formula is C20H26F6N2O5S. The molecule has 0 spiro atoms. The number of amides is 1. The van der Waals surface area contributed by atoms with E-state index in [1.54, 1.807) is 18.7 Å². The van der Waals surface area contributed by atoms with Crippen molar-refractivity contribution in [1.82, 2.24) is 9.21 Å². The van der Waals surface area contributed by atoms with Crippen LogP contribution >= 0.6 is 0 Å². The summed E-state index contributed by atoms with van der Waals surface area (Å²) in [6.45, 7) is 0.631. The molecule has 1 heterocycles. The van der Waals surface area contributed by atoms with Crippen molar-refractivity contribution >= 4 is 15.9 Å². The third-order valence-electron chi connectivity index (χ3n) is 5.14. The summed E-state index contributed by atoms with van der Waals surface area (Å²) in [6, 6.07) is 2.40. The van der Waals surface area contributed by atoms with Crippen LogP contribution in [0.1, 0.15) is 26.7 Å². The number of piperidine rings is 1. The zero-order valence-electron chi connectivity index (χ0n) is 18.6. The quantitative estimate of drug-likeness (QED) is 0.463. The molecule has 1 aromatic rings. The third kappa shape index (κ3) is 7.65. The van der Waals surface area contributed by atoms with Crippen molar-refractivity contribution in [2.24, 2.45) is 5.92 Å². The number of hydrogen-bond acceptors (Lipinski definition) is 5. The number of halogens is 6. The van der Waals surface area contributed by atoms with Gasteiger partial charge >= 0.3 is 12.4 Å². The summed E-state index contributed by atoms with van der Waals surface area (Å²) in [4.78, 5) is 13.5. The molecule has 0 N–H and O–H groups in total. The Balaban J connectivity index is 2.38.